The number of rotatable bonds is 3. The van der Waals surface area contributed by atoms with Crippen molar-refractivity contribution >= 4 is 28.5 Å². The van der Waals surface area contributed by atoms with Crippen LogP contribution in [-0.2, 0) is 25.9 Å². The van der Waals surface area contributed by atoms with Crippen LogP contribution in [0, 0.1) is 23.6 Å². The molecule has 0 aromatic heterocycles. The Morgan fingerprint density at radius 1 is 0.800 bits per heavy atom. The first-order valence-electron chi connectivity index (χ1n) is 11.5. The van der Waals surface area contributed by atoms with Gasteiger partial charge in [-0.25, -0.2) is 0 Å². The molecule has 0 unspecified atom stereocenters. The van der Waals surface area contributed by atoms with E-state index in [0.717, 1.165) is 11.4 Å². The first-order chi connectivity index (χ1) is 16.0. The predicted molar refractivity (Wildman–Crippen MR) is 141 cm³/mol. The molecule has 0 bridgehead atoms. The van der Waals surface area contributed by atoms with Gasteiger partial charge in [-0.1, -0.05) is 71.9 Å². The van der Waals surface area contributed by atoms with E-state index in [9.17, 15) is 9.90 Å². The number of ketones is 1. The van der Waals surface area contributed by atoms with E-state index in [1.807, 2.05) is 65.8 Å². The first-order valence-corrected chi connectivity index (χ1v) is 11.5. The third-order valence-electron chi connectivity index (χ3n) is 5.39. The van der Waals surface area contributed by atoms with E-state index in [2.05, 4.69) is 77.1 Å². The number of aliphatic hydroxyl groups is 1. The quantitative estimate of drug-likeness (QED) is 0.178. The summed E-state index contributed by atoms with van der Waals surface area (Å²) < 4.78 is 0. The van der Waals surface area contributed by atoms with Crippen LogP contribution in [0.25, 0.3) is 0 Å². The van der Waals surface area contributed by atoms with Crippen LogP contribution in [0.1, 0.15) is 41.5 Å². The molecule has 35 heavy (non-hydrogen) atoms. The zero-order chi connectivity index (χ0) is 24.9. The summed E-state index contributed by atoms with van der Waals surface area (Å²) in [5, 5.41) is 9.56. The number of hydrogen-bond acceptors (Lipinski definition) is 4. The molecule has 186 valence electrons. The third kappa shape index (κ3) is 7.32. The Bertz CT molecular complexity index is 1070. The van der Waals surface area contributed by atoms with Crippen LogP contribution in [0.4, 0.5) is 22.7 Å². The summed E-state index contributed by atoms with van der Waals surface area (Å²) >= 11 is 0. The van der Waals surface area contributed by atoms with E-state index in [1.54, 1.807) is 0 Å². The van der Waals surface area contributed by atoms with Gasteiger partial charge in [0, 0.05) is 34.0 Å². The van der Waals surface area contributed by atoms with Gasteiger partial charge in [0.05, 0.1) is 0 Å². The molecular formula is C30H34N2O2Pt. The van der Waals surface area contributed by atoms with E-state index < -0.39 is 5.41 Å². The fourth-order valence-corrected chi connectivity index (χ4v) is 3.19. The maximum atomic E-state index is 11.5. The van der Waals surface area contributed by atoms with Crippen molar-refractivity contribution in [2.75, 3.05) is 9.80 Å². The molecule has 3 aromatic carbocycles. The van der Waals surface area contributed by atoms with Crippen LogP contribution in [-0.4, -0.2) is 10.9 Å². The average Bonchev–Trinajstić information content (AvgIpc) is 3.19. The van der Waals surface area contributed by atoms with Gasteiger partial charge in [0.2, 0.25) is 0 Å². The molecule has 4 rings (SSSR count). The monoisotopic (exact) mass is 649 g/mol. The number of benzene rings is 3. The van der Waals surface area contributed by atoms with Gasteiger partial charge in [-0.2, -0.15) is 30.3 Å². The molecule has 1 aliphatic rings. The van der Waals surface area contributed by atoms with Crippen LogP contribution >= 0.6 is 0 Å². The fourth-order valence-electron chi connectivity index (χ4n) is 3.19. The summed E-state index contributed by atoms with van der Waals surface area (Å²) in [4.78, 5) is 15.9. The van der Waals surface area contributed by atoms with E-state index in [1.165, 1.54) is 17.5 Å². The number of para-hydroxylation sites is 4. The topological polar surface area (TPSA) is 43.8 Å². The SMILES string of the molecule is CC(C)(C)C(=O)C=C(O)C(C)(C)C.[Pt+2].[c-]1ccccc1N1[CH-]N(c2ccccc2)c2ccccc21. The molecular weight excluding hydrogens is 615 g/mol. The normalized spacial score (nSPS) is 13.4. The molecule has 0 saturated heterocycles. The average molecular weight is 650 g/mol. The second-order valence-electron chi connectivity index (χ2n) is 10.3. The third-order valence-corrected chi connectivity index (χ3v) is 5.39. The summed E-state index contributed by atoms with van der Waals surface area (Å²) in [6.07, 6.45) is 1.33. The molecule has 0 fully saturated rings. The Kier molecular flexibility index (Phi) is 9.51. The Morgan fingerprint density at radius 3 is 1.86 bits per heavy atom. The van der Waals surface area contributed by atoms with Crippen molar-refractivity contribution in [2.45, 2.75) is 41.5 Å². The summed E-state index contributed by atoms with van der Waals surface area (Å²) in [6, 6.07) is 30.1. The molecule has 4 nitrogen and oxygen atoms in total. The Balaban J connectivity index is 0.000000271. The van der Waals surface area contributed by atoms with Gasteiger partial charge in [0.15, 0.2) is 5.78 Å². The predicted octanol–water partition coefficient (Wildman–Crippen LogP) is 7.98. The van der Waals surface area contributed by atoms with Crippen molar-refractivity contribution in [2.24, 2.45) is 10.8 Å². The summed E-state index contributed by atoms with van der Waals surface area (Å²) in [5.74, 6) is 0.104. The first kappa shape index (κ1) is 28.4. The minimum absolute atomic E-state index is 0. The smallest absolute Gasteiger partial charge is 0.512 e. The Hall–Kier alpha value is -2.84. The number of anilines is 4. The van der Waals surface area contributed by atoms with Crippen LogP contribution < -0.4 is 9.80 Å². The van der Waals surface area contributed by atoms with Gasteiger partial charge in [-0.3, -0.25) is 4.79 Å². The Labute approximate surface area is 224 Å². The standard InChI is InChI=1S/C19H14N2.C11H20O2.Pt/c1-3-9-16(10-4-1)20-15-21(17-11-5-2-6-12-17)19-14-8-7-13-18(19)20;1-10(2,3)8(12)7-9(13)11(4,5)6;/h1-11,13-15H;7,12H,1-6H3;/q-2;;+2. The summed E-state index contributed by atoms with van der Waals surface area (Å²) in [6.45, 7) is 13.2. The van der Waals surface area contributed by atoms with E-state index >= 15 is 0 Å². The molecule has 0 amide bonds. The number of aliphatic hydroxyl groups excluding tert-OH is 1. The van der Waals surface area contributed by atoms with Crippen molar-refractivity contribution in [1.29, 1.82) is 0 Å². The van der Waals surface area contributed by atoms with Crippen molar-refractivity contribution in [3.8, 4) is 0 Å². The zero-order valence-corrected chi connectivity index (χ0v) is 23.5. The minimum Gasteiger partial charge on any atom is -0.512 e. The van der Waals surface area contributed by atoms with E-state index in [-0.39, 0.29) is 38.0 Å². The molecule has 0 radical (unpaired) electrons. The molecule has 0 atom stereocenters. The van der Waals surface area contributed by atoms with E-state index in [0.29, 0.717) is 0 Å². The largest absolute Gasteiger partial charge is 2.00 e. The van der Waals surface area contributed by atoms with Crippen molar-refractivity contribution in [1.82, 2.24) is 0 Å². The number of nitrogens with zero attached hydrogens (tertiary/aromatic N) is 2. The van der Waals surface area contributed by atoms with Crippen molar-refractivity contribution in [3.05, 3.63) is 103 Å². The van der Waals surface area contributed by atoms with Crippen molar-refractivity contribution < 1.29 is 31.0 Å². The molecule has 1 aliphatic heterocycles. The van der Waals surface area contributed by atoms with Crippen LogP contribution in [0.5, 0.6) is 0 Å². The number of hydrogen-bond donors (Lipinski definition) is 1. The van der Waals surface area contributed by atoms with Crippen LogP contribution in [0.2, 0.25) is 0 Å². The van der Waals surface area contributed by atoms with Gasteiger partial charge in [0.1, 0.15) is 5.76 Å². The van der Waals surface area contributed by atoms with Gasteiger partial charge in [-0.15, -0.1) is 12.4 Å². The Morgan fingerprint density at radius 2 is 1.34 bits per heavy atom. The molecule has 0 saturated carbocycles. The molecule has 5 heteroatoms. The fraction of sp³-hybridized carbons (Fsp3) is 0.267. The van der Waals surface area contributed by atoms with E-state index in [4.69, 9.17) is 0 Å². The van der Waals surface area contributed by atoms with Gasteiger partial charge >= 0.3 is 21.1 Å². The zero-order valence-electron chi connectivity index (χ0n) is 21.2. The molecule has 0 spiro atoms. The number of carbonyl (C=O) groups is 1. The van der Waals surface area contributed by atoms with Crippen molar-refractivity contribution in [3.63, 3.8) is 0 Å². The number of allylic oxidation sites excluding steroid dienone is 2. The summed E-state index contributed by atoms with van der Waals surface area (Å²) in [7, 11) is 0. The molecule has 0 aliphatic carbocycles. The minimum atomic E-state index is -0.417. The molecule has 3 aromatic rings. The van der Waals surface area contributed by atoms with Crippen LogP contribution in [0.3, 0.4) is 0 Å². The maximum absolute atomic E-state index is 11.5. The second kappa shape index (κ2) is 11.7. The number of carbonyl (C=O) groups excluding carboxylic acids is 1. The maximum Gasteiger partial charge on any atom is 2.00 e. The number of fused-ring (bicyclic) bond motifs is 1. The summed E-state index contributed by atoms with van der Waals surface area (Å²) in [5.41, 5.74) is 3.79. The molecule has 1 heterocycles. The van der Waals surface area contributed by atoms with Gasteiger partial charge in [0.25, 0.3) is 0 Å². The van der Waals surface area contributed by atoms with Crippen LogP contribution in [0.15, 0.2) is 90.7 Å². The van der Waals surface area contributed by atoms with Gasteiger partial charge in [-0.05, 0) is 24.3 Å². The molecule has 1 N–H and O–H groups in total. The second-order valence-corrected chi connectivity index (χ2v) is 10.3. The van der Waals surface area contributed by atoms with Gasteiger partial charge < -0.3 is 14.9 Å².